The molecule has 0 radical (unpaired) electrons. The van der Waals surface area contributed by atoms with Gasteiger partial charge in [-0.3, -0.25) is 0 Å². The summed E-state index contributed by atoms with van der Waals surface area (Å²) < 4.78 is 24.4. The van der Waals surface area contributed by atoms with E-state index >= 15 is 0 Å². The Labute approximate surface area is 213 Å². The Kier molecular flexibility index (Phi) is 8.07. The lowest BCUT2D eigenvalue weighted by atomic mass is 10.1. The van der Waals surface area contributed by atoms with E-state index in [1.54, 1.807) is 18.3 Å². The van der Waals surface area contributed by atoms with Crippen molar-refractivity contribution in [1.82, 2.24) is 14.9 Å². The molecular weight excluding hydrogens is 474 g/mol. The largest absolute Gasteiger partial charge is 0.369 e. The standard InChI is InChI=1S/C26H35N7O2S/c1-4-5-7-22-23(8-6-9-24(22)36(27,34)35)30-25-19(2)18-28-26(31-25)29-20-10-12-21(13-11-20)33-16-14-32(3)15-17-33/h6,8-13,18H,4-5,7,14-17H2,1-3H3,(H2,27,34,35)(H2,28,29,30,31). The maximum absolute atomic E-state index is 12.2. The number of aryl methyl sites for hydroxylation is 1. The van der Waals surface area contributed by atoms with Gasteiger partial charge >= 0.3 is 0 Å². The fraction of sp³-hybridized carbons (Fsp3) is 0.385. The van der Waals surface area contributed by atoms with Gasteiger partial charge in [0, 0.05) is 55.0 Å². The van der Waals surface area contributed by atoms with Crippen LogP contribution in [0.3, 0.4) is 0 Å². The predicted molar refractivity (Wildman–Crippen MR) is 146 cm³/mol. The SMILES string of the molecule is CCCCc1c(Nc2nc(Nc3ccc(N4CCN(C)CC4)cc3)ncc2C)cccc1S(N)(=O)=O. The Morgan fingerprint density at radius 2 is 1.75 bits per heavy atom. The van der Waals surface area contributed by atoms with Crippen LogP contribution in [0.5, 0.6) is 0 Å². The maximum atomic E-state index is 12.2. The van der Waals surface area contributed by atoms with Crippen LogP contribution in [0, 0.1) is 6.92 Å². The van der Waals surface area contributed by atoms with Crippen molar-refractivity contribution in [3.8, 4) is 0 Å². The molecule has 192 valence electrons. The van der Waals surface area contributed by atoms with E-state index < -0.39 is 10.0 Å². The summed E-state index contributed by atoms with van der Waals surface area (Å²) in [6.07, 6.45) is 4.12. The number of primary sulfonamides is 1. The minimum atomic E-state index is -3.84. The van der Waals surface area contributed by atoms with Crippen molar-refractivity contribution in [2.45, 2.75) is 38.0 Å². The minimum Gasteiger partial charge on any atom is -0.369 e. The highest BCUT2D eigenvalue weighted by molar-refractivity contribution is 7.89. The van der Waals surface area contributed by atoms with Crippen LogP contribution in [0.4, 0.5) is 28.8 Å². The van der Waals surface area contributed by atoms with Crippen molar-refractivity contribution in [2.24, 2.45) is 5.14 Å². The van der Waals surface area contributed by atoms with E-state index in [1.165, 1.54) is 5.69 Å². The smallest absolute Gasteiger partial charge is 0.238 e. The first kappa shape index (κ1) is 25.9. The van der Waals surface area contributed by atoms with Gasteiger partial charge < -0.3 is 20.4 Å². The van der Waals surface area contributed by atoms with Gasteiger partial charge in [-0.25, -0.2) is 18.5 Å². The lowest BCUT2D eigenvalue weighted by molar-refractivity contribution is 0.313. The second kappa shape index (κ2) is 11.2. The van der Waals surface area contributed by atoms with Crippen LogP contribution in [0.15, 0.2) is 53.6 Å². The van der Waals surface area contributed by atoms with Gasteiger partial charge in [-0.1, -0.05) is 19.4 Å². The zero-order valence-corrected chi connectivity index (χ0v) is 22.0. The first-order valence-electron chi connectivity index (χ1n) is 12.3. The second-order valence-electron chi connectivity index (χ2n) is 9.24. The monoisotopic (exact) mass is 509 g/mol. The molecule has 0 bridgehead atoms. The van der Waals surface area contributed by atoms with Gasteiger partial charge in [-0.15, -0.1) is 0 Å². The predicted octanol–water partition coefficient (Wildman–Crippen LogP) is 4.01. The van der Waals surface area contributed by atoms with Gasteiger partial charge in [0.25, 0.3) is 0 Å². The number of likely N-dealkylation sites (N-methyl/N-ethyl adjacent to an activating group) is 1. The maximum Gasteiger partial charge on any atom is 0.238 e. The molecule has 1 aliphatic heterocycles. The lowest BCUT2D eigenvalue weighted by Crippen LogP contribution is -2.44. The van der Waals surface area contributed by atoms with Crippen LogP contribution in [-0.2, 0) is 16.4 Å². The number of nitrogens with zero attached hydrogens (tertiary/aromatic N) is 4. The van der Waals surface area contributed by atoms with Gasteiger partial charge in [0.05, 0.1) is 4.90 Å². The van der Waals surface area contributed by atoms with E-state index in [0.717, 1.165) is 50.3 Å². The Morgan fingerprint density at radius 3 is 2.42 bits per heavy atom. The zero-order chi connectivity index (χ0) is 25.7. The molecule has 4 rings (SSSR count). The Morgan fingerprint density at radius 1 is 1.03 bits per heavy atom. The molecule has 0 unspecified atom stereocenters. The third-order valence-electron chi connectivity index (χ3n) is 6.44. The van der Waals surface area contributed by atoms with Crippen molar-refractivity contribution in [3.63, 3.8) is 0 Å². The Balaban J connectivity index is 1.53. The van der Waals surface area contributed by atoms with E-state index in [0.29, 0.717) is 29.4 Å². The van der Waals surface area contributed by atoms with E-state index in [-0.39, 0.29) is 4.90 Å². The third-order valence-corrected chi connectivity index (χ3v) is 7.43. The van der Waals surface area contributed by atoms with Crippen molar-refractivity contribution < 1.29 is 8.42 Å². The normalized spacial score (nSPS) is 14.6. The molecule has 1 aromatic heterocycles. The first-order valence-corrected chi connectivity index (χ1v) is 13.8. The number of rotatable bonds is 9. The summed E-state index contributed by atoms with van der Waals surface area (Å²) in [4.78, 5) is 14.0. The molecule has 9 nitrogen and oxygen atoms in total. The van der Waals surface area contributed by atoms with Crippen LogP contribution >= 0.6 is 0 Å². The summed E-state index contributed by atoms with van der Waals surface area (Å²) in [6.45, 7) is 8.14. The van der Waals surface area contributed by atoms with Crippen molar-refractivity contribution in [2.75, 3.05) is 48.8 Å². The summed E-state index contributed by atoms with van der Waals surface area (Å²) in [6, 6.07) is 13.4. The molecule has 0 aliphatic carbocycles. The summed E-state index contributed by atoms with van der Waals surface area (Å²) in [7, 11) is -1.69. The molecule has 2 aromatic carbocycles. The van der Waals surface area contributed by atoms with Crippen LogP contribution in [0.2, 0.25) is 0 Å². The second-order valence-corrected chi connectivity index (χ2v) is 10.8. The lowest BCUT2D eigenvalue weighted by Gasteiger charge is -2.34. The average Bonchev–Trinajstić information content (AvgIpc) is 2.85. The average molecular weight is 510 g/mol. The molecule has 0 amide bonds. The van der Waals surface area contributed by atoms with Crippen molar-refractivity contribution in [3.05, 3.63) is 59.8 Å². The number of unbranched alkanes of at least 4 members (excludes halogenated alkanes) is 1. The summed E-state index contributed by atoms with van der Waals surface area (Å²) in [5.74, 6) is 1.05. The molecular formula is C26H35N7O2S. The number of sulfonamides is 1. The topological polar surface area (TPSA) is 116 Å². The van der Waals surface area contributed by atoms with Gasteiger partial charge in [-0.2, -0.15) is 4.98 Å². The summed E-state index contributed by atoms with van der Waals surface area (Å²) >= 11 is 0. The van der Waals surface area contributed by atoms with E-state index in [1.807, 2.05) is 25.1 Å². The highest BCUT2D eigenvalue weighted by Gasteiger charge is 2.18. The molecule has 0 spiro atoms. The molecule has 10 heteroatoms. The van der Waals surface area contributed by atoms with Gasteiger partial charge in [0.15, 0.2) is 0 Å². The number of piperazine rings is 1. The molecule has 2 heterocycles. The number of aromatic nitrogens is 2. The molecule has 4 N–H and O–H groups in total. The van der Waals surface area contributed by atoms with Crippen LogP contribution in [0.1, 0.15) is 30.9 Å². The molecule has 1 aliphatic rings. The number of benzene rings is 2. The van der Waals surface area contributed by atoms with E-state index in [2.05, 4.69) is 56.5 Å². The van der Waals surface area contributed by atoms with Crippen LogP contribution in [-0.4, -0.2) is 56.5 Å². The number of nitrogens with two attached hydrogens (primary N) is 1. The van der Waals surface area contributed by atoms with E-state index in [9.17, 15) is 8.42 Å². The third kappa shape index (κ3) is 6.31. The van der Waals surface area contributed by atoms with Gasteiger partial charge in [-0.05, 0) is 68.8 Å². The van der Waals surface area contributed by atoms with E-state index in [4.69, 9.17) is 5.14 Å². The quantitative estimate of drug-likeness (QED) is 0.396. The number of hydrogen-bond donors (Lipinski definition) is 3. The van der Waals surface area contributed by atoms with Gasteiger partial charge in [0.2, 0.25) is 16.0 Å². The molecule has 3 aromatic rings. The van der Waals surface area contributed by atoms with Gasteiger partial charge in [0.1, 0.15) is 5.82 Å². The highest BCUT2D eigenvalue weighted by Crippen LogP contribution is 2.29. The summed E-state index contributed by atoms with van der Waals surface area (Å²) in [5.41, 5.74) is 4.29. The molecule has 1 saturated heterocycles. The minimum absolute atomic E-state index is 0.145. The van der Waals surface area contributed by atoms with Crippen molar-refractivity contribution in [1.29, 1.82) is 0 Å². The van der Waals surface area contributed by atoms with Crippen LogP contribution in [0.25, 0.3) is 0 Å². The Hall–Kier alpha value is -3.21. The van der Waals surface area contributed by atoms with Crippen molar-refractivity contribution >= 4 is 38.9 Å². The molecule has 1 fully saturated rings. The summed E-state index contributed by atoms with van der Waals surface area (Å²) in [5, 5.41) is 12.1. The fourth-order valence-corrected chi connectivity index (χ4v) is 5.09. The van der Waals surface area contributed by atoms with Crippen LogP contribution < -0.4 is 20.7 Å². The number of hydrogen-bond acceptors (Lipinski definition) is 8. The molecule has 0 atom stereocenters. The Bertz CT molecular complexity index is 1290. The molecule has 0 saturated carbocycles. The molecule has 36 heavy (non-hydrogen) atoms. The zero-order valence-electron chi connectivity index (χ0n) is 21.2. The number of nitrogens with one attached hydrogen (secondary N) is 2. The number of anilines is 5. The highest BCUT2D eigenvalue weighted by atomic mass is 32.2. The first-order chi connectivity index (χ1) is 17.2. The fourth-order valence-electron chi connectivity index (χ4n) is 4.27.